The molecule has 1 aromatic heterocycles. The van der Waals surface area contributed by atoms with E-state index >= 15 is 0 Å². The molecule has 0 saturated carbocycles. The fourth-order valence-electron chi connectivity index (χ4n) is 1.83. The van der Waals surface area contributed by atoms with Crippen molar-refractivity contribution in [1.29, 1.82) is 0 Å². The number of benzene rings is 1. The summed E-state index contributed by atoms with van der Waals surface area (Å²) < 4.78 is 15.3. The van der Waals surface area contributed by atoms with E-state index in [1.54, 1.807) is 4.68 Å². The summed E-state index contributed by atoms with van der Waals surface area (Å²) in [5, 5.41) is 7.07. The average molecular weight is 296 g/mol. The van der Waals surface area contributed by atoms with Crippen LogP contribution in [0, 0.1) is 12.7 Å². The molecule has 0 aliphatic carbocycles. The molecule has 0 spiro atoms. The Balaban J connectivity index is 1.98. The van der Waals surface area contributed by atoms with E-state index in [0.29, 0.717) is 5.02 Å². The molecular formula is C14H15ClFN3O. The van der Waals surface area contributed by atoms with Crippen molar-refractivity contribution in [2.24, 2.45) is 0 Å². The Morgan fingerprint density at radius 1 is 1.50 bits per heavy atom. The zero-order valence-corrected chi connectivity index (χ0v) is 12.0. The van der Waals surface area contributed by atoms with Crippen molar-refractivity contribution in [2.45, 2.75) is 26.3 Å². The molecule has 1 heterocycles. The quantitative estimate of drug-likeness (QED) is 0.937. The zero-order chi connectivity index (χ0) is 14.7. The van der Waals surface area contributed by atoms with E-state index in [2.05, 4.69) is 10.4 Å². The first-order valence-electron chi connectivity index (χ1n) is 6.22. The predicted molar refractivity (Wildman–Crippen MR) is 76.3 cm³/mol. The lowest BCUT2D eigenvalue weighted by atomic mass is 10.2. The molecule has 0 fully saturated rings. The number of hydrogen-bond donors (Lipinski definition) is 1. The number of anilines is 1. The molecule has 1 atom stereocenters. The molecule has 1 amide bonds. The Labute approximate surface area is 121 Å². The highest BCUT2D eigenvalue weighted by atomic mass is 35.5. The third kappa shape index (κ3) is 3.57. The number of carbonyl (C=O) groups is 1. The van der Waals surface area contributed by atoms with Gasteiger partial charge in [-0.2, -0.15) is 5.10 Å². The van der Waals surface area contributed by atoms with Gasteiger partial charge in [0.15, 0.2) is 0 Å². The number of aryl methyl sites for hydroxylation is 1. The van der Waals surface area contributed by atoms with Crippen LogP contribution in [0.25, 0.3) is 0 Å². The second-order valence-electron chi connectivity index (χ2n) is 4.66. The number of amides is 1. The monoisotopic (exact) mass is 295 g/mol. The Hall–Kier alpha value is -1.88. The molecule has 1 N–H and O–H groups in total. The second-order valence-corrected chi connectivity index (χ2v) is 5.10. The number of aromatic nitrogens is 2. The largest absolute Gasteiger partial charge is 0.324 e. The van der Waals surface area contributed by atoms with Gasteiger partial charge in [0.2, 0.25) is 5.91 Å². The van der Waals surface area contributed by atoms with Gasteiger partial charge >= 0.3 is 0 Å². The molecule has 2 aromatic rings. The van der Waals surface area contributed by atoms with E-state index in [1.807, 2.05) is 26.1 Å². The number of halogens is 2. The van der Waals surface area contributed by atoms with Crippen LogP contribution in [-0.4, -0.2) is 15.7 Å². The maximum atomic E-state index is 13.6. The van der Waals surface area contributed by atoms with Gasteiger partial charge in [0.25, 0.3) is 0 Å². The number of rotatable bonds is 4. The summed E-state index contributed by atoms with van der Waals surface area (Å²) in [6, 6.07) is 5.91. The topological polar surface area (TPSA) is 46.9 Å². The van der Waals surface area contributed by atoms with E-state index in [9.17, 15) is 9.18 Å². The summed E-state index contributed by atoms with van der Waals surface area (Å²) in [7, 11) is 0. The Kier molecular flexibility index (Phi) is 4.39. The molecule has 1 aromatic carbocycles. The smallest absolute Gasteiger partial charge is 0.226 e. The third-order valence-electron chi connectivity index (χ3n) is 2.88. The van der Waals surface area contributed by atoms with Crippen molar-refractivity contribution in [1.82, 2.24) is 9.78 Å². The fraction of sp³-hybridized carbons (Fsp3) is 0.286. The highest BCUT2D eigenvalue weighted by molar-refractivity contribution is 6.30. The second kappa shape index (κ2) is 6.05. The van der Waals surface area contributed by atoms with Crippen LogP contribution in [-0.2, 0) is 4.79 Å². The first kappa shape index (κ1) is 14.5. The van der Waals surface area contributed by atoms with Gasteiger partial charge in [-0.05, 0) is 38.1 Å². The molecule has 0 saturated heterocycles. The van der Waals surface area contributed by atoms with Crippen LogP contribution in [0.1, 0.15) is 25.1 Å². The highest BCUT2D eigenvalue weighted by Gasteiger charge is 2.13. The van der Waals surface area contributed by atoms with Crippen molar-refractivity contribution >= 4 is 23.2 Å². The first-order valence-corrected chi connectivity index (χ1v) is 6.60. The lowest BCUT2D eigenvalue weighted by Gasteiger charge is -2.12. The lowest BCUT2D eigenvalue weighted by Crippen LogP contribution is -2.18. The summed E-state index contributed by atoms with van der Waals surface area (Å²) in [5.74, 6) is -0.819. The molecule has 1 unspecified atom stereocenters. The number of carbonyl (C=O) groups excluding carboxylic acids is 1. The number of nitrogens with zero attached hydrogens (tertiary/aromatic N) is 2. The van der Waals surface area contributed by atoms with Crippen molar-refractivity contribution in [2.75, 3.05) is 5.32 Å². The minimum absolute atomic E-state index is 0.0981. The summed E-state index contributed by atoms with van der Waals surface area (Å²) in [4.78, 5) is 11.9. The van der Waals surface area contributed by atoms with Crippen LogP contribution < -0.4 is 5.32 Å². The van der Waals surface area contributed by atoms with Crippen LogP contribution in [0.3, 0.4) is 0 Å². The Morgan fingerprint density at radius 2 is 2.25 bits per heavy atom. The van der Waals surface area contributed by atoms with Gasteiger partial charge in [-0.15, -0.1) is 0 Å². The molecule has 6 heteroatoms. The van der Waals surface area contributed by atoms with Crippen LogP contribution in [0.2, 0.25) is 5.02 Å². The third-order valence-corrected chi connectivity index (χ3v) is 3.11. The number of hydrogen-bond acceptors (Lipinski definition) is 2. The van der Waals surface area contributed by atoms with Crippen LogP contribution in [0.15, 0.2) is 30.5 Å². The molecule has 2 rings (SSSR count). The molecule has 0 aliphatic rings. The summed E-state index contributed by atoms with van der Waals surface area (Å²) in [6.45, 7) is 3.76. The van der Waals surface area contributed by atoms with Gasteiger partial charge in [-0.3, -0.25) is 9.48 Å². The molecule has 4 nitrogen and oxygen atoms in total. The normalized spacial score (nSPS) is 12.2. The van der Waals surface area contributed by atoms with Crippen LogP contribution in [0.5, 0.6) is 0 Å². The molecule has 0 radical (unpaired) electrons. The highest BCUT2D eigenvalue weighted by Crippen LogP contribution is 2.20. The Morgan fingerprint density at radius 3 is 2.85 bits per heavy atom. The van der Waals surface area contributed by atoms with Gasteiger partial charge in [0.1, 0.15) is 5.82 Å². The Bertz CT molecular complexity index is 627. The fourth-order valence-corrected chi connectivity index (χ4v) is 1.99. The standard InChI is InChI=1S/C14H15ClFN3O/c1-9-5-6-19(18-9)10(2)7-14(20)17-13-4-3-11(15)8-12(13)16/h3-6,8,10H,7H2,1-2H3,(H,17,20). The average Bonchev–Trinajstić information content (AvgIpc) is 2.79. The van der Waals surface area contributed by atoms with E-state index in [0.717, 1.165) is 11.8 Å². The first-order chi connectivity index (χ1) is 9.45. The summed E-state index contributed by atoms with van der Waals surface area (Å²) in [6.07, 6.45) is 2.03. The van der Waals surface area contributed by atoms with Gasteiger partial charge < -0.3 is 5.32 Å². The van der Waals surface area contributed by atoms with Crippen LogP contribution >= 0.6 is 11.6 Å². The maximum absolute atomic E-state index is 13.6. The van der Waals surface area contributed by atoms with Crippen molar-refractivity contribution in [3.8, 4) is 0 Å². The SMILES string of the molecule is Cc1ccn(C(C)CC(=O)Nc2ccc(Cl)cc2F)n1. The lowest BCUT2D eigenvalue weighted by molar-refractivity contribution is -0.116. The van der Waals surface area contributed by atoms with Gasteiger partial charge in [0, 0.05) is 17.6 Å². The van der Waals surface area contributed by atoms with E-state index in [4.69, 9.17) is 11.6 Å². The van der Waals surface area contributed by atoms with Gasteiger partial charge in [-0.1, -0.05) is 11.6 Å². The van der Waals surface area contributed by atoms with Crippen molar-refractivity contribution in [3.63, 3.8) is 0 Å². The maximum Gasteiger partial charge on any atom is 0.226 e. The van der Waals surface area contributed by atoms with Gasteiger partial charge in [0.05, 0.1) is 17.4 Å². The molecule has 20 heavy (non-hydrogen) atoms. The predicted octanol–water partition coefficient (Wildman–Crippen LogP) is 3.57. The van der Waals surface area contributed by atoms with E-state index < -0.39 is 5.82 Å². The number of nitrogens with one attached hydrogen (secondary N) is 1. The minimum Gasteiger partial charge on any atom is -0.324 e. The molecule has 0 aliphatic heterocycles. The molecule has 106 valence electrons. The summed E-state index contributed by atoms with van der Waals surface area (Å²) in [5.41, 5.74) is 1.02. The van der Waals surface area contributed by atoms with Crippen molar-refractivity contribution in [3.05, 3.63) is 47.0 Å². The van der Waals surface area contributed by atoms with E-state index in [1.165, 1.54) is 12.1 Å². The van der Waals surface area contributed by atoms with Gasteiger partial charge in [-0.25, -0.2) is 4.39 Å². The summed E-state index contributed by atoms with van der Waals surface area (Å²) >= 11 is 5.66. The zero-order valence-electron chi connectivity index (χ0n) is 11.2. The van der Waals surface area contributed by atoms with Crippen LogP contribution in [0.4, 0.5) is 10.1 Å². The molecular weight excluding hydrogens is 281 g/mol. The molecule has 0 bridgehead atoms. The van der Waals surface area contributed by atoms with E-state index in [-0.39, 0.29) is 24.1 Å². The minimum atomic E-state index is -0.548. The van der Waals surface area contributed by atoms with Crippen molar-refractivity contribution < 1.29 is 9.18 Å².